The number of para-hydroxylation sites is 1. The largest absolute Gasteiger partial charge is 0.455 e. The van der Waals surface area contributed by atoms with Gasteiger partial charge in [0.05, 0.1) is 5.69 Å². The number of fused-ring (bicyclic) bond motifs is 14. The smallest absolute Gasteiger partial charge is 0.337 e. The monoisotopic (exact) mass is 998 g/mol. The van der Waals surface area contributed by atoms with Crippen LogP contribution in [0.4, 0.5) is 17.3 Å². The van der Waals surface area contributed by atoms with E-state index in [1.807, 2.05) is 0 Å². The first kappa shape index (κ1) is 43.1. The number of hydrogen-bond acceptors (Lipinski definition) is 3. The molecule has 0 atom stereocenters. The molecule has 5 heterocycles. The van der Waals surface area contributed by atoms with Gasteiger partial charge in [0.25, 0.3) is 0 Å². The summed E-state index contributed by atoms with van der Waals surface area (Å²) in [6, 6.07) is 56.7. The second-order valence-corrected chi connectivity index (χ2v) is 27.7. The van der Waals surface area contributed by atoms with Gasteiger partial charge in [-0.25, -0.2) is 0 Å². The van der Waals surface area contributed by atoms with Crippen molar-refractivity contribution >= 4 is 101 Å². The molecule has 21 rings (SSSR count). The molecule has 0 unspecified atom stereocenters. The van der Waals surface area contributed by atoms with E-state index >= 15 is 0 Å². The van der Waals surface area contributed by atoms with E-state index in [1.165, 1.54) is 159 Å². The minimum absolute atomic E-state index is 0.0536. The Kier molecular flexibility index (Phi) is 8.15. The van der Waals surface area contributed by atoms with Gasteiger partial charge in [0, 0.05) is 65.8 Å². The van der Waals surface area contributed by atoms with Gasteiger partial charge in [-0.15, -0.1) is 0 Å². The molecule has 5 heteroatoms. The third kappa shape index (κ3) is 5.71. The van der Waals surface area contributed by atoms with Crippen molar-refractivity contribution < 1.29 is 8.83 Å². The lowest BCUT2D eigenvalue weighted by Crippen LogP contribution is -2.56. The predicted octanol–water partition coefficient (Wildman–Crippen LogP) is 17.9. The highest BCUT2D eigenvalue weighted by Crippen LogP contribution is 2.64. The maximum Gasteiger partial charge on any atom is 0.337 e. The average molecular weight is 999 g/mol. The summed E-state index contributed by atoms with van der Waals surface area (Å²) in [5.41, 5.74) is 20.4. The quantitative estimate of drug-likeness (QED) is 0.165. The maximum absolute atomic E-state index is 7.66. The fourth-order valence-corrected chi connectivity index (χ4v) is 19.8. The average Bonchev–Trinajstić information content (AvgIpc) is 4.30. The van der Waals surface area contributed by atoms with Crippen molar-refractivity contribution in [2.45, 2.75) is 114 Å². The molecule has 11 aromatic rings. The first-order chi connectivity index (χ1) is 37.6. The first-order valence-corrected chi connectivity index (χ1v) is 29.7. The number of rotatable bonds is 4. The summed E-state index contributed by atoms with van der Waals surface area (Å²) in [4.78, 5) is 2.55. The van der Waals surface area contributed by atoms with E-state index < -0.39 is 0 Å². The standard InChI is InChI=1S/C72H63BN2O2/c1-70(2,3)49-17-19-59(53(29-49)46-11-5-4-6-12-46)74-61-33-56-52-15-9-10-16-62(52)76-68(56)64-58-32-51(72-37-43-24-44(38-72)26-45(25-43)39-72)31-55-54-30-50(71-34-40-21-41(35-71)23-42(22-40)36-71)18-20-60(54)75(67(55)58)73(66(61)64)65-57-27-47-13-7-8-14-48(47)28-63(57)77-69(65)74/h4-20,27-33,40-45H,21-26,34-39H2,1-3H3. The molecule has 376 valence electrons. The Morgan fingerprint density at radius 2 is 1.12 bits per heavy atom. The fraction of sp³-hybridized carbons (Fsp3) is 0.333. The molecule has 0 radical (unpaired) electrons. The van der Waals surface area contributed by atoms with Gasteiger partial charge in [-0.2, -0.15) is 0 Å². The Balaban J connectivity index is 0.978. The SMILES string of the molecule is CC(C)(C)c1ccc(N2c3cc4c(oc5ccccc54)c4c3B(c3c2oc2cc5ccccc5cc32)n2c3ccc(C56CC7CC(CC(C7)C5)C6)cc3c3cc(C56CC7CC(CC(C7)C5)C6)cc-4c32)c(-c2ccccc2)c1. The highest BCUT2D eigenvalue weighted by Gasteiger charge is 2.55. The predicted molar refractivity (Wildman–Crippen MR) is 318 cm³/mol. The molecule has 8 saturated carbocycles. The summed E-state index contributed by atoms with van der Waals surface area (Å²) in [6.07, 6.45) is 16.8. The van der Waals surface area contributed by atoms with Crippen LogP contribution >= 0.6 is 0 Å². The molecule has 0 saturated heterocycles. The number of anilines is 3. The van der Waals surface area contributed by atoms with Gasteiger partial charge in [0.2, 0.25) is 5.88 Å². The van der Waals surface area contributed by atoms with Crippen molar-refractivity contribution in [2.24, 2.45) is 35.5 Å². The number of aromatic nitrogens is 1. The molecule has 8 fully saturated rings. The zero-order chi connectivity index (χ0) is 50.4. The Labute approximate surface area is 450 Å². The highest BCUT2D eigenvalue weighted by molar-refractivity contribution is 6.92. The van der Waals surface area contributed by atoms with Gasteiger partial charge < -0.3 is 13.3 Å². The summed E-state index contributed by atoms with van der Waals surface area (Å²) in [6.45, 7) is 6.81. The van der Waals surface area contributed by atoms with Crippen molar-refractivity contribution in [1.29, 1.82) is 0 Å². The summed E-state index contributed by atoms with van der Waals surface area (Å²) in [5, 5.41) is 8.81. The molecule has 2 aliphatic heterocycles. The third-order valence-corrected chi connectivity index (χ3v) is 22.2. The lowest BCUT2D eigenvalue weighted by Gasteiger charge is -2.57. The molecule has 0 amide bonds. The van der Waals surface area contributed by atoms with E-state index in [2.05, 4.69) is 176 Å². The minimum atomic E-state index is -0.191. The summed E-state index contributed by atoms with van der Waals surface area (Å²) in [5.74, 6) is 6.08. The van der Waals surface area contributed by atoms with Crippen molar-refractivity contribution in [1.82, 2.24) is 4.48 Å². The minimum Gasteiger partial charge on any atom is -0.455 e. The second kappa shape index (κ2) is 14.6. The molecule has 77 heavy (non-hydrogen) atoms. The number of benzene rings is 8. The lowest BCUT2D eigenvalue weighted by atomic mass is 9.45. The van der Waals surface area contributed by atoms with Crippen LogP contribution < -0.4 is 15.8 Å². The Morgan fingerprint density at radius 1 is 0.481 bits per heavy atom. The number of furan rings is 2. The molecule has 8 aromatic carbocycles. The van der Waals surface area contributed by atoms with Crippen LogP contribution in [0.15, 0.2) is 154 Å². The van der Waals surface area contributed by atoms with Gasteiger partial charge in [-0.1, -0.05) is 106 Å². The molecule has 0 spiro atoms. The Bertz CT molecular complexity index is 4350. The van der Waals surface area contributed by atoms with Crippen molar-refractivity contribution in [3.8, 4) is 22.3 Å². The third-order valence-electron chi connectivity index (χ3n) is 22.2. The molecule has 8 bridgehead atoms. The molecule has 3 aromatic heterocycles. The zero-order valence-corrected chi connectivity index (χ0v) is 44.6. The molecule has 4 nitrogen and oxygen atoms in total. The summed E-state index contributed by atoms with van der Waals surface area (Å²) in [7, 11) is 0. The van der Waals surface area contributed by atoms with E-state index in [-0.39, 0.29) is 23.1 Å². The van der Waals surface area contributed by atoms with Gasteiger partial charge in [-0.05, 0) is 228 Å². The van der Waals surface area contributed by atoms with Crippen LogP contribution in [0.5, 0.6) is 0 Å². The van der Waals surface area contributed by atoms with Gasteiger partial charge >= 0.3 is 6.85 Å². The van der Waals surface area contributed by atoms with Crippen LogP contribution in [0.25, 0.3) is 87.7 Å². The highest BCUT2D eigenvalue weighted by atomic mass is 16.4. The normalized spacial score (nSPS) is 27.4. The van der Waals surface area contributed by atoms with Crippen LogP contribution in [0.3, 0.4) is 0 Å². The molecule has 8 aliphatic carbocycles. The lowest BCUT2D eigenvalue weighted by molar-refractivity contribution is -0.00527. The van der Waals surface area contributed by atoms with E-state index in [0.717, 1.165) is 74.6 Å². The summed E-state index contributed by atoms with van der Waals surface area (Å²) >= 11 is 0. The van der Waals surface area contributed by atoms with E-state index in [0.29, 0.717) is 0 Å². The van der Waals surface area contributed by atoms with Crippen LogP contribution in [-0.2, 0) is 16.2 Å². The topological polar surface area (TPSA) is 34.5 Å². The summed E-state index contributed by atoms with van der Waals surface area (Å²) < 4.78 is 17.9. The van der Waals surface area contributed by atoms with Gasteiger partial charge in [0.1, 0.15) is 16.7 Å². The van der Waals surface area contributed by atoms with Crippen LogP contribution in [0, 0.1) is 35.5 Å². The van der Waals surface area contributed by atoms with Crippen molar-refractivity contribution in [3.05, 3.63) is 162 Å². The van der Waals surface area contributed by atoms with Crippen molar-refractivity contribution in [2.75, 3.05) is 4.90 Å². The van der Waals surface area contributed by atoms with Crippen LogP contribution in [0.2, 0.25) is 0 Å². The first-order valence-electron chi connectivity index (χ1n) is 29.7. The Hall–Kier alpha value is -6.98. The van der Waals surface area contributed by atoms with Crippen molar-refractivity contribution in [3.63, 3.8) is 0 Å². The molecule has 10 aliphatic rings. The van der Waals surface area contributed by atoms with Crippen LogP contribution in [-0.4, -0.2) is 11.3 Å². The van der Waals surface area contributed by atoms with E-state index in [1.54, 1.807) is 11.1 Å². The fourth-order valence-electron chi connectivity index (χ4n) is 19.8. The molecular formula is C72H63BN2O2. The van der Waals surface area contributed by atoms with E-state index in [9.17, 15) is 0 Å². The second-order valence-electron chi connectivity index (χ2n) is 27.7. The zero-order valence-electron chi connectivity index (χ0n) is 44.6. The number of nitrogens with zero attached hydrogens (tertiary/aromatic N) is 2. The number of hydrogen-bond donors (Lipinski definition) is 0. The van der Waals surface area contributed by atoms with Gasteiger partial charge in [-0.3, -0.25) is 4.90 Å². The molecular weight excluding hydrogens is 936 g/mol. The van der Waals surface area contributed by atoms with Crippen LogP contribution in [0.1, 0.15) is 115 Å². The van der Waals surface area contributed by atoms with Gasteiger partial charge in [0.15, 0.2) is 0 Å². The van der Waals surface area contributed by atoms with E-state index in [4.69, 9.17) is 8.83 Å². The Morgan fingerprint density at radius 3 is 1.82 bits per heavy atom. The molecule has 0 N–H and O–H groups in total. The maximum atomic E-state index is 7.66.